The molecule has 0 saturated heterocycles. The summed E-state index contributed by atoms with van der Waals surface area (Å²) in [6.07, 6.45) is 5.43. The molecule has 0 fully saturated rings. The van der Waals surface area contributed by atoms with E-state index in [2.05, 4.69) is 4.98 Å². The SMILES string of the molecule is Nc1ncc(C=CCCO)cc1C(=O)O. The fourth-order valence-electron chi connectivity index (χ4n) is 1.05. The van der Waals surface area contributed by atoms with Crippen LogP contribution in [0.5, 0.6) is 0 Å². The highest BCUT2D eigenvalue weighted by atomic mass is 16.4. The number of carbonyl (C=O) groups is 1. The van der Waals surface area contributed by atoms with Gasteiger partial charge in [0.05, 0.1) is 0 Å². The van der Waals surface area contributed by atoms with Gasteiger partial charge in [-0.15, -0.1) is 0 Å². The number of carboxylic acid groups (broad SMARTS) is 1. The molecule has 0 unspecified atom stereocenters. The molecule has 1 aromatic heterocycles. The Bertz CT molecular complexity index is 388. The molecule has 0 amide bonds. The molecule has 4 N–H and O–H groups in total. The van der Waals surface area contributed by atoms with E-state index in [0.29, 0.717) is 12.0 Å². The molecular weight excluding hydrogens is 196 g/mol. The zero-order valence-corrected chi connectivity index (χ0v) is 8.05. The van der Waals surface area contributed by atoms with Crippen molar-refractivity contribution in [2.24, 2.45) is 0 Å². The van der Waals surface area contributed by atoms with Gasteiger partial charge in [0.1, 0.15) is 11.4 Å². The van der Waals surface area contributed by atoms with Crippen molar-refractivity contribution in [3.05, 3.63) is 29.5 Å². The third kappa shape index (κ3) is 3.07. The maximum Gasteiger partial charge on any atom is 0.339 e. The first kappa shape index (κ1) is 11.2. The Kier molecular flexibility index (Phi) is 3.82. The fraction of sp³-hybridized carbons (Fsp3) is 0.200. The zero-order chi connectivity index (χ0) is 11.3. The van der Waals surface area contributed by atoms with E-state index >= 15 is 0 Å². The van der Waals surface area contributed by atoms with Crippen LogP contribution in [0.4, 0.5) is 5.82 Å². The first-order valence-corrected chi connectivity index (χ1v) is 4.41. The predicted octanol–water partition coefficient (Wildman–Crippen LogP) is 0.758. The molecule has 5 heteroatoms. The normalized spacial score (nSPS) is 10.7. The van der Waals surface area contributed by atoms with Crippen LogP contribution < -0.4 is 5.73 Å². The van der Waals surface area contributed by atoms with Gasteiger partial charge >= 0.3 is 5.97 Å². The van der Waals surface area contributed by atoms with Crippen LogP contribution in [0, 0.1) is 0 Å². The standard InChI is InChI=1S/C10H12N2O3/c11-9-8(10(14)15)5-7(6-12-9)3-1-2-4-13/h1,3,5-6,13H,2,4H2,(H2,11,12)(H,14,15). The summed E-state index contributed by atoms with van der Waals surface area (Å²) in [6.45, 7) is 0.0602. The van der Waals surface area contributed by atoms with E-state index < -0.39 is 5.97 Å². The van der Waals surface area contributed by atoms with E-state index in [1.165, 1.54) is 12.3 Å². The zero-order valence-electron chi connectivity index (χ0n) is 8.05. The number of aliphatic hydroxyl groups excluding tert-OH is 1. The molecule has 0 bridgehead atoms. The number of rotatable bonds is 4. The topological polar surface area (TPSA) is 96.4 Å². The number of nitrogen functional groups attached to an aromatic ring is 1. The van der Waals surface area contributed by atoms with Gasteiger partial charge in [-0.2, -0.15) is 0 Å². The molecule has 1 heterocycles. The largest absolute Gasteiger partial charge is 0.478 e. The second kappa shape index (κ2) is 5.11. The molecule has 5 nitrogen and oxygen atoms in total. The van der Waals surface area contributed by atoms with E-state index in [1.54, 1.807) is 12.2 Å². The quantitative estimate of drug-likeness (QED) is 0.678. The maximum absolute atomic E-state index is 10.7. The lowest BCUT2D eigenvalue weighted by molar-refractivity contribution is 0.0697. The van der Waals surface area contributed by atoms with Gasteiger partial charge in [-0.1, -0.05) is 12.2 Å². The van der Waals surface area contributed by atoms with Crippen molar-refractivity contribution in [3.8, 4) is 0 Å². The minimum atomic E-state index is -1.10. The summed E-state index contributed by atoms with van der Waals surface area (Å²) in [7, 11) is 0. The molecule has 0 saturated carbocycles. The molecule has 15 heavy (non-hydrogen) atoms. The van der Waals surface area contributed by atoms with E-state index in [9.17, 15) is 4.79 Å². The number of aromatic nitrogens is 1. The summed E-state index contributed by atoms with van der Waals surface area (Å²) in [5.74, 6) is -1.10. The Balaban J connectivity index is 2.92. The molecule has 0 spiro atoms. The third-order valence-corrected chi connectivity index (χ3v) is 1.78. The summed E-state index contributed by atoms with van der Waals surface area (Å²) in [6, 6.07) is 1.44. The van der Waals surface area contributed by atoms with Gasteiger partial charge in [-0.05, 0) is 18.1 Å². The molecule has 0 aromatic carbocycles. The first-order chi connectivity index (χ1) is 7.15. The predicted molar refractivity (Wildman–Crippen MR) is 56.3 cm³/mol. The highest BCUT2D eigenvalue weighted by Crippen LogP contribution is 2.12. The Morgan fingerprint density at radius 1 is 1.60 bits per heavy atom. The number of anilines is 1. The first-order valence-electron chi connectivity index (χ1n) is 4.41. The average molecular weight is 208 g/mol. The van der Waals surface area contributed by atoms with Gasteiger partial charge < -0.3 is 15.9 Å². The van der Waals surface area contributed by atoms with Crippen LogP contribution >= 0.6 is 0 Å². The van der Waals surface area contributed by atoms with Gasteiger partial charge in [0.25, 0.3) is 0 Å². The van der Waals surface area contributed by atoms with Crippen LogP contribution in [0.1, 0.15) is 22.3 Å². The average Bonchev–Trinajstić information content (AvgIpc) is 2.20. The minimum Gasteiger partial charge on any atom is -0.478 e. The molecule has 0 aliphatic rings. The third-order valence-electron chi connectivity index (χ3n) is 1.78. The summed E-state index contributed by atoms with van der Waals surface area (Å²) in [5, 5.41) is 17.3. The van der Waals surface area contributed by atoms with Gasteiger partial charge in [0, 0.05) is 12.8 Å². The Hall–Kier alpha value is -1.88. The van der Waals surface area contributed by atoms with E-state index in [-0.39, 0.29) is 18.0 Å². The number of hydrogen-bond acceptors (Lipinski definition) is 4. The van der Waals surface area contributed by atoms with Gasteiger partial charge in [0.15, 0.2) is 0 Å². The van der Waals surface area contributed by atoms with E-state index in [0.717, 1.165) is 0 Å². The summed E-state index contributed by atoms with van der Waals surface area (Å²) >= 11 is 0. The second-order valence-electron chi connectivity index (χ2n) is 2.92. The number of pyridine rings is 1. The van der Waals surface area contributed by atoms with Crippen LogP contribution in [0.15, 0.2) is 18.3 Å². The molecule has 0 aliphatic heterocycles. The number of aromatic carboxylic acids is 1. The monoisotopic (exact) mass is 208 g/mol. The van der Waals surface area contributed by atoms with Crippen LogP contribution in [0.2, 0.25) is 0 Å². The van der Waals surface area contributed by atoms with Crippen LogP contribution in [0.25, 0.3) is 6.08 Å². The van der Waals surface area contributed by atoms with Crippen molar-refractivity contribution < 1.29 is 15.0 Å². The van der Waals surface area contributed by atoms with Crippen molar-refractivity contribution in [2.75, 3.05) is 12.3 Å². The van der Waals surface area contributed by atoms with Gasteiger partial charge in [0.2, 0.25) is 0 Å². The minimum absolute atomic E-state index is 0.00167. The lowest BCUT2D eigenvalue weighted by Gasteiger charge is -2.00. The number of nitrogens with zero attached hydrogens (tertiary/aromatic N) is 1. The fourth-order valence-corrected chi connectivity index (χ4v) is 1.05. The van der Waals surface area contributed by atoms with Crippen molar-refractivity contribution in [1.29, 1.82) is 0 Å². The smallest absolute Gasteiger partial charge is 0.339 e. The van der Waals surface area contributed by atoms with Gasteiger partial charge in [-0.25, -0.2) is 9.78 Å². The molecule has 80 valence electrons. The summed E-state index contributed by atoms with van der Waals surface area (Å²) in [5.41, 5.74) is 6.02. The maximum atomic E-state index is 10.7. The Morgan fingerprint density at radius 3 is 2.93 bits per heavy atom. The molecule has 0 aliphatic carbocycles. The van der Waals surface area contributed by atoms with Gasteiger partial charge in [-0.3, -0.25) is 0 Å². The van der Waals surface area contributed by atoms with Crippen LogP contribution in [0.3, 0.4) is 0 Å². The van der Waals surface area contributed by atoms with Crippen molar-refractivity contribution >= 4 is 17.9 Å². The van der Waals surface area contributed by atoms with Crippen LogP contribution in [-0.4, -0.2) is 27.8 Å². The number of nitrogens with two attached hydrogens (primary N) is 1. The molecule has 0 radical (unpaired) electrons. The number of hydrogen-bond donors (Lipinski definition) is 3. The van der Waals surface area contributed by atoms with E-state index in [4.69, 9.17) is 15.9 Å². The van der Waals surface area contributed by atoms with E-state index in [1.807, 2.05) is 0 Å². The van der Waals surface area contributed by atoms with Crippen molar-refractivity contribution in [2.45, 2.75) is 6.42 Å². The highest BCUT2D eigenvalue weighted by molar-refractivity contribution is 5.93. The summed E-state index contributed by atoms with van der Waals surface area (Å²) < 4.78 is 0. The highest BCUT2D eigenvalue weighted by Gasteiger charge is 2.08. The molecular formula is C10H12N2O3. The van der Waals surface area contributed by atoms with Crippen molar-refractivity contribution in [1.82, 2.24) is 4.98 Å². The summed E-state index contributed by atoms with van der Waals surface area (Å²) in [4.78, 5) is 14.5. The van der Waals surface area contributed by atoms with Crippen molar-refractivity contribution in [3.63, 3.8) is 0 Å². The lowest BCUT2D eigenvalue weighted by atomic mass is 10.1. The number of carboxylic acids is 1. The molecule has 1 rings (SSSR count). The second-order valence-corrected chi connectivity index (χ2v) is 2.92. The lowest BCUT2D eigenvalue weighted by Crippen LogP contribution is -2.04. The molecule has 1 aromatic rings. The Labute approximate surface area is 86.9 Å². The Morgan fingerprint density at radius 2 is 2.33 bits per heavy atom. The van der Waals surface area contributed by atoms with Crippen LogP contribution in [-0.2, 0) is 0 Å². The molecule has 0 atom stereocenters. The number of aliphatic hydroxyl groups is 1.